The number of hydrogen-bond donors (Lipinski definition) is 0. The Balaban J connectivity index is 1.15. The minimum atomic E-state index is -0.650. The van der Waals surface area contributed by atoms with E-state index in [9.17, 15) is 9.59 Å². The maximum absolute atomic E-state index is 11.8. The van der Waals surface area contributed by atoms with E-state index in [1.54, 1.807) is 13.8 Å². The summed E-state index contributed by atoms with van der Waals surface area (Å²) in [6.45, 7) is 8.59. The van der Waals surface area contributed by atoms with Crippen molar-refractivity contribution in [1.29, 1.82) is 0 Å². The van der Waals surface area contributed by atoms with Crippen molar-refractivity contribution >= 4 is 55.0 Å². The van der Waals surface area contributed by atoms with Crippen molar-refractivity contribution in [1.82, 2.24) is 0 Å². The van der Waals surface area contributed by atoms with Gasteiger partial charge in [-0.1, -0.05) is 98.4 Å². The van der Waals surface area contributed by atoms with Crippen molar-refractivity contribution < 1.29 is 28.5 Å². The monoisotopic (exact) mass is 790 g/mol. The molecule has 60 heavy (non-hydrogen) atoms. The number of esters is 2. The Morgan fingerprint density at radius 2 is 0.917 bits per heavy atom. The zero-order valence-electron chi connectivity index (χ0n) is 34.0. The standard InChI is InChI=1S/C54H46O6/c1-4-52(55)59-25-9-23-57-46-21-17-40-27-44(19-15-42(40)29-46)54(45-20-16-43-30-47(22-18-41(43)28-45)58-24-10-26-60-53(56)35(2)3)50-33-38-13-7-5-11-36(38)31-48(50)49-32-37-12-6-8-14-39(37)34-51(49)54/h5-8,11-22,27-34H,2,4,9-10,23-26H2,1,3H3. The second-order valence-electron chi connectivity index (χ2n) is 15.6. The van der Waals surface area contributed by atoms with Crippen molar-refractivity contribution in [2.24, 2.45) is 0 Å². The predicted molar refractivity (Wildman–Crippen MR) is 241 cm³/mol. The topological polar surface area (TPSA) is 71.1 Å². The first-order chi connectivity index (χ1) is 29.3. The van der Waals surface area contributed by atoms with E-state index in [0.29, 0.717) is 44.7 Å². The SMILES string of the molecule is C=C(C)C(=O)OCCCOc1ccc2cc(C3(c4ccc5cc(OCCCOC(=O)CC)ccc5c4)c4cc5ccccc5cc4-c4cc5ccccc5cc43)ccc2c1. The van der Waals surface area contributed by atoms with Gasteiger partial charge >= 0.3 is 11.9 Å². The van der Waals surface area contributed by atoms with Crippen LogP contribution in [0.2, 0.25) is 0 Å². The lowest BCUT2D eigenvalue weighted by molar-refractivity contribution is -0.143. The molecule has 0 atom stereocenters. The zero-order valence-corrected chi connectivity index (χ0v) is 34.0. The molecule has 0 spiro atoms. The minimum Gasteiger partial charge on any atom is -0.493 e. The molecule has 0 fully saturated rings. The van der Waals surface area contributed by atoms with E-state index in [2.05, 4.69) is 140 Å². The molecule has 0 heterocycles. The van der Waals surface area contributed by atoms with Gasteiger partial charge in [-0.2, -0.15) is 0 Å². The number of benzene rings is 8. The summed E-state index contributed by atoms with van der Waals surface area (Å²) in [5.41, 5.74) is 7.07. The van der Waals surface area contributed by atoms with E-state index in [1.165, 1.54) is 54.9 Å². The van der Waals surface area contributed by atoms with Gasteiger partial charge in [-0.05, 0) is 144 Å². The van der Waals surface area contributed by atoms with Crippen LogP contribution in [0.1, 0.15) is 55.4 Å². The highest BCUT2D eigenvalue weighted by atomic mass is 16.5. The Kier molecular flexibility index (Phi) is 10.5. The first-order valence-electron chi connectivity index (χ1n) is 20.7. The second kappa shape index (κ2) is 16.4. The fourth-order valence-electron chi connectivity index (χ4n) is 8.65. The van der Waals surface area contributed by atoms with Crippen LogP contribution in [-0.2, 0) is 24.5 Å². The summed E-state index contributed by atoms with van der Waals surface area (Å²) < 4.78 is 22.7. The lowest BCUT2D eigenvalue weighted by Crippen LogP contribution is -2.28. The maximum atomic E-state index is 11.8. The van der Waals surface area contributed by atoms with Gasteiger partial charge in [0.25, 0.3) is 0 Å². The van der Waals surface area contributed by atoms with Crippen LogP contribution in [0.4, 0.5) is 0 Å². The van der Waals surface area contributed by atoms with Crippen LogP contribution in [0.3, 0.4) is 0 Å². The number of hydrogen-bond acceptors (Lipinski definition) is 6. The van der Waals surface area contributed by atoms with E-state index in [-0.39, 0.29) is 18.5 Å². The molecule has 0 unspecified atom stereocenters. The van der Waals surface area contributed by atoms with Gasteiger partial charge in [0.2, 0.25) is 0 Å². The maximum Gasteiger partial charge on any atom is 0.333 e. The number of carbonyl (C=O) groups is 2. The van der Waals surface area contributed by atoms with Gasteiger partial charge in [0.05, 0.1) is 31.8 Å². The molecular weight excluding hydrogens is 745 g/mol. The molecule has 0 bridgehead atoms. The van der Waals surface area contributed by atoms with Gasteiger partial charge in [0, 0.05) is 24.8 Å². The van der Waals surface area contributed by atoms with Gasteiger partial charge < -0.3 is 18.9 Å². The highest BCUT2D eigenvalue weighted by molar-refractivity contribution is 6.01. The van der Waals surface area contributed by atoms with E-state index in [1.807, 2.05) is 12.1 Å². The molecule has 8 aromatic rings. The van der Waals surface area contributed by atoms with Crippen LogP contribution >= 0.6 is 0 Å². The Morgan fingerprint density at radius 1 is 0.500 bits per heavy atom. The first kappa shape index (κ1) is 38.6. The van der Waals surface area contributed by atoms with Gasteiger partial charge in [-0.15, -0.1) is 0 Å². The lowest BCUT2D eigenvalue weighted by atomic mass is 9.66. The van der Waals surface area contributed by atoms with Crippen LogP contribution in [0.25, 0.3) is 54.2 Å². The van der Waals surface area contributed by atoms with Crippen molar-refractivity contribution in [2.75, 3.05) is 26.4 Å². The molecule has 6 nitrogen and oxygen atoms in total. The summed E-state index contributed by atoms with van der Waals surface area (Å²) in [5.74, 6) is 0.972. The quantitative estimate of drug-likeness (QED) is 0.0621. The molecule has 1 aliphatic rings. The third kappa shape index (κ3) is 7.23. The van der Waals surface area contributed by atoms with Crippen LogP contribution in [0.15, 0.2) is 158 Å². The molecule has 9 rings (SSSR count). The van der Waals surface area contributed by atoms with E-state index < -0.39 is 5.41 Å². The highest BCUT2D eigenvalue weighted by Gasteiger charge is 2.46. The molecule has 0 amide bonds. The number of rotatable bonds is 14. The largest absolute Gasteiger partial charge is 0.493 e. The van der Waals surface area contributed by atoms with E-state index in [0.717, 1.165) is 33.0 Å². The van der Waals surface area contributed by atoms with E-state index >= 15 is 0 Å². The van der Waals surface area contributed by atoms with Crippen molar-refractivity contribution in [2.45, 2.75) is 38.5 Å². The van der Waals surface area contributed by atoms with Crippen LogP contribution in [-0.4, -0.2) is 38.4 Å². The molecular formula is C54H46O6. The summed E-state index contributed by atoms with van der Waals surface area (Å²) in [5, 5.41) is 9.19. The minimum absolute atomic E-state index is 0.195. The van der Waals surface area contributed by atoms with Gasteiger partial charge in [0.1, 0.15) is 11.5 Å². The molecule has 298 valence electrons. The summed E-state index contributed by atoms with van der Waals surface area (Å²) in [6.07, 6.45) is 1.58. The van der Waals surface area contributed by atoms with Gasteiger partial charge in [-0.25, -0.2) is 4.79 Å². The summed E-state index contributed by atoms with van der Waals surface area (Å²) in [6, 6.07) is 53.0. The van der Waals surface area contributed by atoms with E-state index in [4.69, 9.17) is 18.9 Å². The lowest BCUT2D eigenvalue weighted by Gasteiger charge is -2.34. The first-order valence-corrected chi connectivity index (χ1v) is 20.7. The molecule has 0 radical (unpaired) electrons. The molecule has 0 N–H and O–H groups in total. The third-order valence-corrected chi connectivity index (χ3v) is 11.6. The summed E-state index contributed by atoms with van der Waals surface area (Å²) in [4.78, 5) is 23.3. The number of ether oxygens (including phenoxy) is 4. The zero-order chi connectivity index (χ0) is 41.2. The Hall–Kier alpha value is -6.92. The molecule has 8 aromatic carbocycles. The smallest absolute Gasteiger partial charge is 0.333 e. The second-order valence-corrected chi connectivity index (χ2v) is 15.6. The Bertz CT molecular complexity index is 2880. The molecule has 0 aromatic heterocycles. The molecule has 0 saturated carbocycles. The average Bonchev–Trinajstić information content (AvgIpc) is 3.54. The number of carbonyl (C=O) groups excluding carboxylic acids is 2. The Morgan fingerprint density at radius 3 is 1.38 bits per heavy atom. The van der Waals surface area contributed by atoms with Crippen molar-refractivity contribution in [3.63, 3.8) is 0 Å². The van der Waals surface area contributed by atoms with Gasteiger partial charge in [0.15, 0.2) is 0 Å². The van der Waals surface area contributed by atoms with Gasteiger partial charge in [-0.3, -0.25) is 4.79 Å². The molecule has 6 heteroatoms. The summed E-state index contributed by atoms with van der Waals surface area (Å²) >= 11 is 0. The van der Waals surface area contributed by atoms with Crippen LogP contribution in [0, 0.1) is 0 Å². The Labute approximate surface area is 350 Å². The fourth-order valence-corrected chi connectivity index (χ4v) is 8.65. The number of fused-ring (bicyclic) bond motifs is 7. The fraction of sp³-hybridized carbons (Fsp3) is 0.185. The summed E-state index contributed by atoms with van der Waals surface area (Å²) in [7, 11) is 0. The van der Waals surface area contributed by atoms with Crippen molar-refractivity contribution in [3.05, 3.63) is 180 Å². The normalized spacial score (nSPS) is 12.6. The molecule has 0 saturated heterocycles. The third-order valence-electron chi connectivity index (χ3n) is 11.6. The predicted octanol–water partition coefficient (Wildman–Crippen LogP) is 12.3. The molecule has 1 aliphatic carbocycles. The highest BCUT2D eigenvalue weighted by Crippen LogP contribution is 2.58. The van der Waals surface area contributed by atoms with Crippen LogP contribution < -0.4 is 9.47 Å². The molecule has 0 aliphatic heterocycles. The average molecular weight is 791 g/mol. The van der Waals surface area contributed by atoms with Crippen molar-refractivity contribution in [3.8, 4) is 22.6 Å². The van der Waals surface area contributed by atoms with Crippen LogP contribution in [0.5, 0.6) is 11.5 Å².